The first-order valence-corrected chi connectivity index (χ1v) is 10.1. The third-order valence-electron chi connectivity index (χ3n) is 5.09. The summed E-state index contributed by atoms with van der Waals surface area (Å²) in [6, 6.07) is 11.8. The van der Waals surface area contributed by atoms with Crippen LogP contribution in [0.2, 0.25) is 0 Å². The number of aromatic nitrogens is 4. The average Bonchev–Trinajstić information content (AvgIpc) is 3.12. The second-order valence-corrected chi connectivity index (χ2v) is 7.17. The van der Waals surface area contributed by atoms with Crippen molar-refractivity contribution in [1.82, 2.24) is 18.7 Å². The maximum absolute atomic E-state index is 13.1. The molecule has 0 saturated carbocycles. The summed E-state index contributed by atoms with van der Waals surface area (Å²) in [5.41, 5.74) is 0.222. The Labute approximate surface area is 182 Å². The molecule has 1 amide bonds. The third-order valence-corrected chi connectivity index (χ3v) is 5.09. The molecule has 0 atom stereocenters. The summed E-state index contributed by atoms with van der Waals surface area (Å²) in [6.07, 6.45) is 0.689. The van der Waals surface area contributed by atoms with Crippen LogP contribution in [0.1, 0.15) is 13.3 Å². The van der Waals surface area contributed by atoms with Gasteiger partial charge in [0.25, 0.3) is 5.56 Å². The van der Waals surface area contributed by atoms with E-state index in [1.54, 1.807) is 42.5 Å². The molecule has 1 N–H and O–H groups in total. The zero-order valence-corrected chi connectivity index (χ0v) is 18.0. The molecule has 0 spiro atoms. The Kier molecular flexibility index (Phi) is 5.67. The second-order valence-electron chi connectivity index (χ2n) is 7.17. The first-order valence-electron chi connectivity index (χ1n) is 10.1. The number of methoxy groups -OCH3 is 2. The van der Waals surface area contributed by atoms with E-state index in [0.717, 1.165) is 4.68 Å². The topological polar surface area (TPSA) is 109 Å². The smallest absolute Gasteiger partial charge is 0.352 e. The molecule has 0 unspecified atom stereocenters. The van der Waals surface area contributed by atoms with Gasteiger partial charge < -0.3 is 14.8 Å². The van der Waals surface area contributed by atoms with Crippen molar-refractivity contribution in [3.8, 4) is 11.5 Å². The van der Waals surface area contributed by atoms with Gasteiger partial charge in [0, 0.05) is 18.3 Å². The Morgan fingerprint density at radius 2 is 1.81 bits per heavy atom. The number of hydrogen-bond acceptors (Lipinski definition) is 6. The Morgan fingerprint density at radius 3 is 2.53 bits per heavy atom. The number of nitrogens with zero attached hydrogens (tertiary/aromatic N) is 4. The van der Waals surface area contributed by atoms with Crippen LogP contribution in [0.3, 0.4) is 0 Å². The van der Waals surface area contributed by atoms with Crippen molar-refractivity contribution in [3.05, 3.63) is 63.3 Å². The number of amides is 1. The molecule has 0 saturated heterocycles. The Hall–Kier alpha value is -4.08. The van der Waals surface area contributed by atoms with E-state index in [0.29, 0.717) is 41.1 Å². The van der Waals surface area contributed by atoms with Gasteiger partial charge in [-0.2, -0.15) is 0 Å². The second kappa shape index (κ2) is 8.58. The number of fused-ring (bicyclic) bond motifs is 3. The maximum atomic E-state index is 13.1. The molecule has 0 bridgehead atoms. The summed E-state index contributed by atoms with van der Waals surface area (Å²) in [5.74, 6) is 0.754. The van der Waals surface area contributed by atoms with Crippen LogP contribution >= 0.6 is 0 Å². The van der Waals surface area contributed by atoms with Gasteiger partial charge in [0.05, 0.1) is 25.1 Å². The Bertz CT molecular complexity index is 1430. The quantitative estimate of drug-likeness (QED) is 0.473. The van der Waals surface area contributed by atoms with E-state index in [4.69, 9.17) is 9.47 Å². The molecule has 0 radical (unpaired) electrons. The van der Waals surface area contributed by atoms with E-state index >= 15 is 0 Å². The lowest BCUT2D eigenvalue weighted by atomic mass is 10.2. The number of benzene rings is 2. The first-order chi connectivity index (χ1) is 15.5. The molecule has 10 nitrogen and oxygen atoms in total. The lowest BCUT2D eigenvalue weighted by Gasteiger charge is -2.10. The molecule has 4 rings (SSSR count). The minimum atomic E-state index is -0.497. The van der Waals surface area contributed by atoms with Gasteiger partial charge in [-0.05, 0) is 30.7 Å². The molecule has 0 aliphatic rings. The van der Waals surface area contributed by atoms with Crippen LogP contribution in [0.5, 0.6) is 11.5 Å². The first kappa shape index (κ1) is 21.2. The molecule has 0 fully saturated rings. The molecule has 32 heavy (non-hydrogen) atoms. The number of rotatable bonds is 7. The van der Waals surface area contributed by atoms with Crippen molar-refractivity contribution in [1.29, 1.82) is 0 Å². The molecule has 10 heteroatoms. The number of nitrogens with one attached hydrogen (secondary N) is 1. The van der Waals surface area contributed by atoms with Crippen molar-refractivity contribution < 1.29 is 14.3 Å². The van der Waals surface area contributed by atoms with Crippen molar-refractivity contribution >= 4 is 28.3 Å². The van der Waals surface area contributed by atoms with Crippen LogP contribution < -0.4 is 26.0 Å². The van der Waals surface area contributed by atoms with Crippen LogP contribution in [-0.4, -0.2) is 38.9 Å². The fourth-order valence-corrected chi connectivity index (χ4v) is 3.65. The third kappa shape index (κ3) is 3.59. The van der Waals surface area contributed by atoms with E-state index in [-0.39, 0.29) is 17.9 Å². The normalized spacial score (nSPS) is 11.1. The summed E-state index contributed by atoms with van der Waals surface area (Å²) < 4.78 is 14.3. The summed E-state index contributed by atoms with van der Waals surface area (Å²) in [5, 5.41) is 7.45. The summed E-state index contributed by atoms with van der Waals surface area (Å²) in [4.78, 5) is 38.7. The van der Waals surface area contributed by atoms with E-state index in [1.807, 2.05) is 6.92 Å². The van der Waals surface area contributed by atoms with E-state index in [2.05, 4.69) is 10.4 Å². The molecule has 166 valence electrons. The Balaban J connectivity index is 1.73. The predicted octanol–water partition coefficient (Wildman–Crippen LogP) is 1.88. The highest BCUT2D eigenvalue weighted by atomic mass is 16.5. The number of hydrogen-bond donors (Lipinski definition) is 1. The largest absolute Gasteiger partial charge is 0.493 e. The van der Waals surface area contributed by atoms with Gasteiger partial charge >= 0.3 is 5.69 Å². The monoisotopic (exact) mass is 437 g/mol. The van der Waals surface area contributed by atoms with Crippen LogP contribution in [0, 0.1) is 0 Å². The minimum Gasteiger partial charge on any atom is -0.493 e. The highest BCUT2D eigenvalue weighted by Gasteiger charge is 2.18. The molecular weight excluding hydrogens is 414 g/mol. The predicted molar refractivity (Wildman–Crippen MR) is 120 cm³/mol. The number of aryl methyl sites for hydroxylation is 1. The van der Waals surface area contributed by atoms with Crippen molar-refractivity contribution in [2.45, 2.75) is 26.4 Å². The van der Waals surface area contributed by atoms with E-state index < -0.39 is 11.6 Å². The summed E-state index contributed by atoms with van der Waals surface area (Å²) in [7, 11) is 3.02. The molecule has 4 aromatic rings. The fourth-order valence-electron chi connectivity index (χ4n) is 3.65. The Morgan fingerprint density at radius 1 is 1.06 bits per heavy atom. The average molecular weight is 437 g/mol. The molecular formula is C22H23N5O5. The number of anilines is 1. The van der Waals surface area contributed by atoms with Crippen molar-refractivity contribution in [2.24, 2.45) is 0 Å². The SMILES string of the molecule is CCCn1c(=O)c2ccccc2n2c(=O)n(CC(=O)Nc3ccc(OC)c(OC)c3)nc12. The number of para-hydroxylation sites is 1. The van der Waals surface area contributed by atoms with Gasteiger partial charge in [-0.3, -0.25) is 14.2 Å². The lowest BCUT2D eigenvalue weighted by Crippen LogP contribution is -2.29. The van der Waals surface area contributed by atoms with Crippen LogP contribution in [-0.2, 0) is 17.9 Å². The highest BCUT2D eigenvalue weighted by Crippen LogP contribution is 2.29. The standard InChI is InChI=1S/C22H23N5O5/c1-4-11-25-20(29)15-7-5-6-8-16(15)27-21(25)24-26(22(27)30)13-19(28)23-14-9-10-17(31-2)18(12-14)32-3/h5-10,12H,4,11,13H2,1-3H3,(H,23,28). The molecule has 0 aliphatic carbocycles. The zero-order valence-electron chi connectivity index (χ0n) is 18.0. The van der Waals surface area contributed by atoms with Crippen LogP contribution in [0.4, 0.5) is 5.69 Å². The highest BCUT2D eigenvalue weighted by molar-refractivity contribution is 5.91. The minimum absolute atomic E-state index is 0.208. The molecule has 2 heterocycles. The number of ether oxygens (including phenoxy) is 2. The lowest BCUT2D eigenvalue weighted by molar-refractivity contribution is -0.117. The molecule has 2 aromatic heterocycles. The fraction of sp³-hybridized carbons (Fsp3) is 0.273. The molecule has 2 aromatic carbocycles. The maximum Gasteiger partial charge on any atom is 0.352 e. The van der Waals surface area contributed by atoms with Crippen molar-refractivity contribution in [2.75, 3.05) is 19.5 Å². The summed E-state index contributed by atoms with van der Waals surface area (Å²) in [6.45, 7) is 2.02. The molecule has 0 aliphatic heterocycles. The van der Waals surface area contributed by atoms with E-state index in [9.17, 15) is 14.4 Å². The van der Waals surface area contributed by atoms with Gasteiger partial charge in [-0.15, -0.1) is 5.10 Å². The van der Waals surface area contributed by atoms with Gasteiger partial charge in [-0.25, -0.2) is 13.9 Å². The number of carbonyl (C=O) groups excluding carboxylic acids is 1. The van der Waals surface area contributed by atoms with Gasteiger partial charge in [-0.1, -0.05) is 19.1 Å². The zero-order chi connectivity index (χ0) is 22.8. The van der Waals surface area contributed by atoms with Crippen molar-refractivity contribution in [3.63, 3.8) is 0 Å². The number of carbonyl (C=O) groups is 1. The van der Waals surface area contributed by atoms with E-state index in [1.165, 1.54) is 23.2 Å². The van der Waals surface area contributed by atoms with Gasteiger partial charge in [0.1, 0.15) is 6.54 Å². The van der Waals surface area contributed by atoms with Gasteiger partial charge in [0.15, 0.2) is 11.5 Å². The summed E-state index contributed by atoms with van der Waals surface area (Å²) >= 11 is 0. The van der Waals surface area contributed by atoms with Crippen LogP contribution in [0.15, 0.2) is 52.1 Å². The van der Waals surface area contributed by atoms with Crippen LogP contribution in [0.25, 0.3) is 16.7 Å². The van der Waals surface area contributed by atoms with Gasteiger partial charge in [0.2, 0.25) is 11.7 Å².